The van der Waals surface area contributed by atoms with E-state index in [1.54, 1.807) is 22.1 Å². The molecule has 1 unspecified atom stereocenters. The zero-order valence-electron chi connectivity index (χ0n) is 13.7. The SMILES string of the molecule is CCOC(CCC([SiH3])SSSc1nc2ccccc2s1)OCC. The Kier molecular flexibility index (Phi) is 9.40. The molecular weight excluding hydrogens is 383 g/mol. The van der Waals surface area contributed by atoms with Crippen molar-refractivity contribution in [1.82, 2.24) is 4.98 Å². The van der Waals surface area contributed by atoms with Gasteiger partial charge < -0.3 is 9.47 Å². The zero-order valence-corrected chi connectivity index (χ0v) is 19.0. The van der Waals surface area contributed by atoms with Gasteiger partial charge in [0.25, 0.3) is 0 Å². The van der Waals surface area contributed by atoms with Gasteiger partial charge in [-0.05, 0) is 59.4 Å². The molecule has 0 saturated heterocycles. The van der Waals surface area contributed by atoms with Crippen LogP contribution in [0.15, 0.2) is 28.6 Å². The maximum Gasteiger partial charge on any atom is 0.162 e. The number of aromatic nitrogens is 1. The van der Waals surface area contributed by atoms with Gasteiger partial charge in [0.15, 0.2) is 10.6 Å². The number of para-hydroxylation sites is 1. The minimum absolute atomic E-state index is 0.0380. The molecule has 0 spiro atoms. The second kappa shape index (κ2) is 11.0. The highest BCUT2D eigenvalue weighted by molar-refractivity contribution is 9.09. The Labute approximate surface area is 156 Å². The van der Waals surface area contributed by atoms with E-state index in [4.69, 9.17) is 9.47 Å². The topological polar surface area (TPSA) is 31.4 Å². The molecule has 0 aliphatic carbocycles. The third-order valence-electron chi connectivity index (χ3n) is 3.10. The van der Waals surface area contributed by atoms with E-state index in [2.05, 4.69) is 23.2 Å². The fraction of sp³-hybridized carbons (Fsp3) is 0.533. The molecular formula is C15H23NO2S4Si. The molecule has 23 heavy (non-hydrogen) atoms. The van der Waals surface area contributed by atoms with Gasteiger partial charge in [-0.15, -0.1) is 11.3 Å². The van der Waals surface area contributed by atoms with Crippen molar-refractivity contribution in [2.75, 3.05) is 13.2 Å². The van der Waals surface area contributed by atoms with E-state index in [1.165, 1.54) is 14.9 Å². The first kappa shape index (κ1) is 19.6. The lowest BCUT2D eigenvalue weighted by atomic mass is 10.3. The average Bonchev–Trinajstić information content (AvgIpc) is 2.95. The number of hydrogen-bond donors (Lipinski definition) is 0. The van der Waals surface area contributed by atoms with Crippen molar-refractivity contribution in [2.24, 2.45) is 0 Å². The van der Waals surface area contributed by atoms with Crippen LogP contribution in [-0.4, -0.2) is 39.6 Å². The molecule has 1 aromatic carbocycles. The smallest absolute Gasteiger partial charge is 0.162 e. The lowest BCUT2D eigenvalue weighted by Crippen LogP contribution is -2.19. The quantitative estimate of drug-likeness (QED) is 0.310. The van der Waals surface area contributed by atoms with Gasteiger partial charge in [-0.25, -0.2) is 4.98 Å². The first-order valence-electron chi connectivity index (χ1n) is 7.81. The number of fused-ring (bicyclic) bond motifs is 1. The van der Waals surface area contributed by atoms with Crippen LogP contribution in [0.2, 0.25) is 0 Å². The number of rotatable bonds is 11. The highest BCUT2D eigenvalue weighted by atomic mass is 33.5. The van der Waals surface area contributed by atoms with Crippen LogP contribution in [0.5, 0.6) is 0 Å². The molecule has 0 N–H and O–H groups in total. The summed E-state index contributed by atoms with van der Waals surface area (Å²) in [6.07, 6.45) is 2.09. The van der Waals surface area contributed by atoms with Crippen molar-refractivity contribution >= 4 is 63.2 Å². The Morgan fingerprint density at radius 2 is 1.91 bits per heavy atom. The van der Waals surface area contributed by atoms with Crippen molar-refractivity contribution < 1.29 is 9.47 Å². The third kappa shape index (κ3) is 6.97. The van der Waals surface area contributed by atoms with E-state index in [-0.39, 0.29) is 6.29 Å². The molecule has 128 valence electrons. The lowest BCUT2D eigenvalue weighted by molar-refractivity contribution is -0.139. The van der Waals surface area contributed by atoms with Crippen molar-refractivity contribution in [3.63, 3.8) is 0 Å². The summed E-state index contributed by atoms with van der Waals surface area (Å²) in [4.78, 5) is 5.35. The predicted octanol–water partition coefficient (Wildman–Crippen LogP) is 4.56. The molecule has 2 aromatic rings. The van der Waals surface area contributed by atoms with Gasteiger partial charge in [0.1, 0.15) is 0 Å². The van der Waals surface area contributed by atoms with Gasteiger partial charge in [0, 0.05) is 28.3 Å². The summed E-state index contributed by atoms with van der Waals surface area (Å²) >= 11 is 1.77. The summed E-state index contributed by atoms with van der Waals surface area (Å²) in [6.45, 7) is 5.46. The summed E-state index contributed by atoms with van der Waals surface area (Å²) in [5.41, 5.74) is 1.10. The van der Waals surface area contributed by atoms with Crippen molar-refractivity contribution in [1.29, 1.82) is 0 Å². The summed E-state index contributed by atoms with van der Waals surface area (Å²) in [5.74, 6) is 0. The van der Waals surface area contributed by atoms with Gasteiger partial charge >= 0.3 is 0 Å². The van der Waals surface area contributed by atoms with Crippen LogP contribution in [0.25, 0.3) is 10.2 Å². The van der Waals surface area contributed by atoms with E-state index in [0.717, 1.165) is 22.7 Å². The number of hydrogen-bond acceptors (Lipinski definition) is 7. The molecule has 0 bridgehead atoms. The van der Waals surface area contributed by atoms with Crippen LogP contribution in [0.4, 0.5) is 0 Å². The van der Waals surface area contributed by atoms with Crippen molar-refractivity contribution in [3.05, 3.63) is 24.3 Å². The molecule has 1 heterocycles. The van der Waals surface area contributed by atoms with E-state index in [0.29, 0.717) is 18.1 Å². The molecule has 8 heteroatoms. The van der Waals surface area contributed by atoms with Gasteiger partial charge in [-0.3, -0.25) is 0 Å². The normalized spacial score (nSPS) is 13.2. The van der Waals surface area contributed by atoms with E-state index in [1.807, 2.05) is 40.5 Å². The van der Waals surface area contributed by atoms with Crippen LogP contribution in [0.1, 0.15) is 26.7 Å². The van der Waals surface area contributed by atoms with E-state index in [9.17, 15) is 0 Å². The predicted molar refractivity (Wildman–Crippen MR) is 111 cm³/mol. The zero-order chi connectivity index (χ0) is 16.5. The van der Waals surface area contributed by atoms with Crippen molar-refractivity contribution in [3.8, 4) is 0 Å². The summed E-state index contributed by atoms with van der Waals surface area (Å²) in [6, 6.07) is 8.31. The Bertz CT molecular complexity index is 544. The largest absolute Gasteiger partial charge is 0.353 e. The molecule has 0 amide bonds. The second-order valence-electron chi connectivity index (χ2n) is 4.92. The molecule has 1 aromatic heterocycles. The number of thiazole rings is 1. The Morgan fingerprint density at radius 1 is 1.17 bits per heavy atom. The fourth-order valence-electron chi connectivity index (χ4n) is 2.01. The molecule has 3 nitrogen and oxygen atoms in total. The van der Waals surface area contributed by atoms with E-state index < -0.39 is 0 Å². The van der Waals surface area contributed by atoms with Gasteiger partial charge in [-0.1, -0.05) is 22.9 Å². The van der Waals surface area contributed by atoms with Crippen LogP contribution in [0, 0.1) is 0 Å². The Balaban J connectivity index is 1.68. The average molecular weight is 406 g/mol. The number of ether oxygens (including phenoxy) is 2. The third-order valence-corrected chi connectivity index (χ3v) is 11.2. The van der Waals surface area contributed by atoms with Gasteiger partial charge in [0.05, 0.1) is 10.2 Å². The van der Waals surface area contributed by atoms with Crippen LogP contribution < -0.4 is 0 Å². The summed E-state index contributed by atoms with van der Waals surface area (Å²) in [5, 5.41) is 0. The molecule has 1 atom stereocenters. The Hall–Kier alpha value is 0.297. The molecule has 0 radical (unpaired) electrons. The van der Waals surface area contributed by atoms with Crippen LogP contribution in [-0.2, 0) is 9.47 Å². The van der Waals surface area contributed by atoms with Crippen LogP contribution in [0.3, 0.4) is 0 Å². The highest BCUT2D eigenvalue weighted by Crippen LogP contribution is 2.45. The monoisotopic (exact) mass is 405 g/mol. The van der Waals surface area contributed by atoms with Crippen molar-refractivity contribution in [2.45, 2.75) is 42.2 Å². The standard InChI is InChI=1S/C15H23NO2S4Si/c1-3-17-13(18-4-2)9-10-14(23)20-22-21-15-16-11-7-5-6-8-12(11)19-15/h5-8,13-14H,3-4,9-10H2,1-2,23H3. The minimum Gasteiger partial charge on any atom is -0.353 e. The minimum atomic E-state index is -0.0380. The second-order valence-corrected chi connectivity index (χ2v) is 12.8. The molecule has 0 aliphatic heterocycles. The number of nitrogens with zero attached hydrogens (tertiary/aromatic N) is 1. The molecule has 0 saturated carbocycles. The maximum absolute atomic E-state index is 5.60. The van der Waals surface area contributed by atoms with Gasteiger partial charge in [0.2, 0.25) is 0 Å². The maximum atomic E-state index is 5.60. The molecule has 2 rings (SSSR count). The highest BCUT2D eigenvalue weighted by Gasteiger charge is 2.12. The van der Waals surface area contributed by atoms with Crippen LogP contribution >= 0.6 is 42.8 Å². The van der Waals surface area contributed by atoms with Gasteiger partial charge in [-0.2, -0.15) is 0 Å². The first-order valence-corrected chi connectivity index (χ1v) is 13.3. The Morgan fingerprint density at radius 3 is 2.61 bits per heavy atom. The summed E-state index contributed by atoms with van der Waals surface area (Å²) < 4.78 is 13.6. The lowest BCUT2D eigenvalue weighted by Gasteiger charge is -2.18. The summed E-state index contributed by atoms with van der Waals surface area (Å²) in [7, 11) is 6.75. The molecule has 0 fully saturated rings. The van der Waals surface area contributed by atoms with E-state index >= 15 is 0 Å². The number of benzene rings is 1. The first-order chi connectivity index (χ1) is 11.2. The molecule has 0 aliphatic rings. The fourth-order valence-corrected chi connectivity index (χ4v) is 10.4.